The Kier molecular flexibility index (Phi) is 7.10. The number of rotatable bonds is 8. The fraction of sp³-hybridized carbons (Fsp3) is 0.500. The van der Waals surface area contributed by atoms with Crippen LogP contribution in [0.15, 0.2) is 24.3 Å². The number of hydrogen-bond acceptors (Lipinski definition) is 4. The molecular formula is C14H22N2O3. The molecule has 0 saturated heterocycles. The number of carbonyl (C=O) groups excluding carboxylic acids is 1. The standard InChI is InChI=1S/C14H22N2O3/c1-11(17)16-13-6-4-12(5-7-13)8-15-9-14(19-3)10-18-2/h4-7,14-15H,8-10H2,1-3H3,(H,16,17). The molecule has 106 valence electrons. The van der Waals surface area contributed by atoms with Crippen LogP contribution in [0, 0.1) is 0 Å². The number of benzene rings is 1. The maximum atomic E-state index is 10.9. The molecule has 0 bridgehead atoms. The fourth-order valence-corrected chi connectivity index (χ4v) is 1.68. The molecule has 19 heavy (non-hydrogen) atoms. The molecule has 1 aromatic rings. The second-order valence-electron chi connectivity index (χ2n) is 4.32. The minimum absolute atomic E-state index is 0.0589. The Hall–Kier alpha value is -1.43. The Morgan fingerprint density at radius 1 is 1.26 bits per heavy atom. The maximum absolute atomic E-state index is 10.9. The predicted octanol–water partition coefficient (Wildman–Crippen LogP) is 1.40. The quantitative estimate of drug-likeness (QED) is 0.746. The maximum Gasteiger partial charge on any atom is 0.221 e. The third-order valence-electron chi connectivity index (χ3n) is 2.66. The zero-order chi connectivity index (χ0) is 14.1. The van der Waals surface area contributed by atoms with Gasteiger partial charge >= 0.3 is 0 Å². The van der Waals surface area contributed by atoms with Crippen LogP contribution >= 0.6 is 0 Å². The van der Waals surface area contributed by atoms with Crippen molar-refractivity contribution in [2.45, 2.75) is 19.6 Å². The van der Waals surface area contributed by atoms with Gasteiger partial charge in [0.2, 0.25) is 5.91 Å². The molecule has 2 N–H and O–H groups in total. The summed E-state index contributed by atoms with van der Waals surface area (Å²) in [5, 5.41) is 6.04. The van der Waals surface area contributed by atoms with E-state index in [-0.39, 0.29) is 12.0 Å². The average molecular weight is 266 g/mol. The van der Waals surface area contributed by atoms with Gasteiger partial charge in [-0.15, -0.1) is 0 Å². The van der Waals surface area contributed by atoms with Gasteiger partial charge in [-0.05, 0) is 17.7 Å². The third-order valence-corrected chi connectivity index (χ3v) is 2.66. The van der Waals surface area contributed by atoms with E-state index in [1.54, 1.807) is 14.2 Å². The van der Waals surface area contributed by atoms with E-state index in [9.17, 15) is 4.79 Å². The highest BCUT2D eigenvalue weighted by atomic mass is 16.5. The molecule has 0 heterocycles. The van der Waals surface area contributed by atoms with E-state index in [0.717, 1.165) is 24.3 Å². The number of nitrogens with one attached hydrogen (secondary N) is 2. The Morgan fingerprint density at radius 3 is 2.47 bits per heavy atom. The molecule has 1 unspecified atom stereocenters. The largest absolute Gasteiger partial charge is 0.382 e. The molecule has 5 heteroatoms. The van der Waals surface area contributed by atoms with Gasteiger partial charge in [0.05, 0.1) is 12.7 Å². The van der Waals surface area contributed by atoms with Crippen LogP contribution in [-0.2, 0) is 20.8 Å². The van der Waals surface area contributed by atoms with Crippen LogP contribution in [0.1, 0.15) is 12.5 Å². The van der Waals surface area contributed by atoms with Gasteiger partial charge in [0, 0.05) is 39.9 Å². The van der Waals surface area contributed by atoms with Crippen molar-refractivity contribution in [1.82, 2.24) is 5.32 Å². The molecule has 0 radical (unpaired) electrons. The summed E-state index contributed by atoms with van der Waals surface area (Å²) in [5.41, 5.74) is 1.96. The van der Waals surface area contributed by atoms with Crippen molar-refractivity contribution < 1.29 is 14.3 Å². The van der Waals surface area contributed by atoms with Crippen LogP contribution in [0.3, 0.4) is 0 Å². The van der Waals surface area contributed by atoms with Gasteiger partial charge in [0.1, 0.15) is 0 Å². The lowest BCUT2D eigenvalue weighted by molar-refractivity contribution is -0.114. The molecule has 1 atom stereocenters. The van der Waals surface area contributed by atoms with Crippen molar-refractivity contribution in [2.75, 3.05) is 32.7 Å². The van der Waals surface area contributed by atoms with Crippen LogP contribution in [0.2, 0.25) is 0 Å². The van der Waals surface area contributed by atoms with E-state index in [4.69, 9.17) is 9.47 Å². The molecule has 0 aliphatic carbocycles. The smallest absolute Gasteiger partial charge is 0.221 e. The van der Waals surface area contributed by atoms with E-state index in [1.807, 2.05) is 24.3 Å². The average Bonchev–Trinajstić information content (AvgIpc) is 2.39. The molecular weight excluding hydrogens is 244 g/mol. The van der Waals surface area contributed by atoms with Gasteiger partial charge in [-0.2, -0.15) is 0 Å². The van der Waals surface area contributed by atoms with Gasteiger partial charge in [0.25, 0.3) is 0 Å². The van der Waals surface area contributed by atoms with Gasteiger partial charge in [-0.25, -0.2) is 0 Å². The summed E-state index contributed by atoms with van der Waals surface area (Å²) in [6.45, 7) is 3.56. The molecule has 0 fully saturated rings. The topological polar surface area (TPSA) is 59.6 Å². The van der Waals surface area contributed by atoms with Crippen molar-refractivity contribution in [3.63, 3.8) is 0 Å². The van der Waals surface area contributed by atoms with Crippen molar-refractivity contribution in [2.24, 2.45) is 0 Å². The number of hydrogen-bond donors (Lipinski definition) is 2. The first-order chi connectivity index (χ1) is 9.15. The lowest BCUT2D eigenvalue weighted by atomic mass is 10.2. The van der Waals surface area contributed by atoms with E-state index < -0.39 is 0 Å². The molecule has 1 amide bonds. The first-order valence-electron chi connectivity index (χ1n) is 6.24. The van der Waals surface area contributed by atoms with E-state index in [1.165, 1.54) is 6.92 Å². The van der Waals surface area contributed by atoms with Gasteiger partial charge < -0.3 is 20.1 Å². The number of ether oxygens (including phenoxy) is 2. The molecule has 1 aromatic carbocycles. The predicted molar refractivity (Wildman–Crippen MR) is 75.1 cm³/mol. The summed E-state index contributed by atoms with van der Waals surface area (Å²) in [4.78, 5) is 10.9. The van der Waals surface area contributed by atoms with E-state index in [2.05, 4.69) is 10.6 Å². The number of anilines is 1. The van der Waals surface area contributed by atoms with Gasteiger partial charge in [0.15, 0.2) is 0 Å². The SMILES string of the molecule is COCC(CNCc1ccc(NC(C)=O)cc1)OC. The van der Waals surface area contributed by atoms with Crippen LogP contribution in [0.25, 0.3) is 0 Å². The second-order valence-corrected chi connectivity index (χ2v) is 4.32. The van der Waals surface area contributed by atoms with Crippen LogP contribution in [0.5, 0.6) is 0 Å². The molecule has 1 rings (SSSR count). The minimum Gasteiger partial charge on any atom is -0.382 e. The summed E-state index contributed by atoms with van der Waals surface area (Å²) >= 11 is 0. The van der Waals surface area contributed by atoms with Crippen molar-refractivity contribution in [3.05, 3.63) is 29.8 Å². The monoisotopic (exact) mass is 266 g/mol. The van der Waals surface area contributed by atoms with Gasteiger partial charge in [-0.3, -0.25) is 4.79 Å². The van der Waals surface area contributed by atoms with E-state index in [0.29, 0.717) is 6.61 Å². The molecule has 0 aliphatic rings. The zero-order valence-corrected chi connectivity index (χ0v) is 11.7. The van der Waals surface area contributed by atoms with Crippen molar-refractivity contribution in [3.8, 4) is 0 Å². The molecule has 5 nitrogen and oxygen atoms in total. The third kappa shape index (κ3) is 6.33. The first-order valence-corrected chi connectivity index (χ1v) is 6.24. The Morgan fingerprint density at radius 2 is 1.95 bits per heavy atom. The Labute approximate surface area is 114 Å². The highest BCUT2D eigenvalue weighted by Gasteiger charge is 2.05. The summed E-state index contributed by atoms with van der Waals surface area (Å²) in [6, 6.07) is 7.75. The zero-order valence-electron chi connectivity index (χ0n) is 11.7. The lowest BCUT2D eigenvalue weighted by Crippen LogP contribution is -2.31. The van der Waals surface area contributed by atoms with Crippen LogP contribution in [-0.4, -0.2) is 39.4 Å². The molecule has 0 spiro atoms. The summed E-state index contributed by atoms with van der Waals surface area (Å²) in [6.07, 6.45) is 0.0589. The molecule has 0 aromatic heterocycles. The Bertz CT molecular complexity index is 379. The highest BCUT2D eigenvalue weighted by Crippen LogP contribution is 2.09. The second kappa shape index (κ2) is 8.63. The number of carbonyl (C=O) groups is 1. The normalized spacial score (nSPS) is 12.2. The molecule has 0 saturated carbocycles. The van der Waals surface area contributed by atoms with Gasteiger partial charge in [-0.1, -0.05) is 12.1 Å². The molecule has 0 aliphatic heterocycles. The summed E-state index contributed by atoms with van der Waals surface area (Å²) < 4.78 is 10.3. The van der Waals surface area contributed by atoms with E-state index >= 15 is 0 Å². The highest BCUT2D eigenvalue weighted by molar-refractivity contribution is 5.88. The summed E-state index contributed by atoms with van der Waals surface area (Å²) in [7, 11) is 3.33. The van der Waals surface area contributed by atoms with Crippen molar-refractivity contribution >= 4 is 11.6 Å². The first kappa shape index (κ1) is 15.6. The van der Waals surface area contributed by atoms with Crippen molar-refractivity contribution in [1.29, 1.82) is 0 Å². The van der Waals surface area contributed by atoms with Crippen LogP contribution in [0.4, 0.5) is 5.69 Å². The lowest BCUT2D eigenvalue weighted by Gasteiger charge is -2.15. The Balaban J connectivity index is 2.35. The van der Waals surface area contributed by atoms with Crippen LogP contribution < -0.4 is 10.6 Å². The minimum atomic E-state index is -0.0617. The fourth-order valence-electron chi connectivity index (χ4n) is 1.68. The number of methoxy groups -OCH3 is 2. The summed E-state index contributed by atoms with van der Waals surface area (Å²) in [5.74, 6) is -0.0617. The number of amides is 1.